The van der Waals surface area contributed by atoms with Gasteiger partial charge in [0.05, 0.1) is 7.11 Å². The molecule has 0 spiro atoms. The minimum atomic E-state index is -1.03. The van der Waals surface area contributed by atoms with Crippen LogP contribution in [0.2, 0.25) is 0 Å². The van der Waals surface area contributed by atoms with Crippen molar-refractivity contribution in [1.29, 1.82) is 0 Å². The van der Waals surface area contributed by atoms with Crippen molar-refractivity contribution in [2.45, 2.75) is 6.92 Å². The van der Waals surface area contributed by atoms with Crippen LogP contribution in [0.5, 0.6) is 11.5 Å². The number of hydrogen-bond acceptors (Lipinski definition) is 3. The summed E-state index contributed by atoms with van der Waals surface area (Å²) in [4.78, 5) is 11.8. The van der Waals surface area contributed by atoms with Crippen molar-refractivity contribution in [3.8, 4) is 11.5 Å². The first-order valence-corrected chi connectivity index (χ1v) is 7.22. The van der Waals surface area contributed by atoms with Crippen LogP contribution in [0.4, 0.5) is 14.5 Å². The Kier molecular flexibility index (Phi) is 5.89. The Balaban J connectivity index is 1.99. The summed E-state index contributed by atoms with van der Waals surface area (Å²) in [6.45, 7) is 1.61. The molecule has 4 nitrogen and oxygen atoms in total. The summed E-state index contributed by atoms with van der Waals surface area (Å²) in [5.74, 6) is -1.61. The van der Waals surface area contributed by atoms with Crippen LogP contribution in [0.1, 0.15) is 12.5 Å². The number of carbonyl (C=O) groups is 1. The number of allylic oxidation sites excluding steroid dienone is 1. The van der Waals surface area contributed by atoms with Gasteiger partial charge in [-0.2, -0.15) is 0 Å². The summed E-state index contributed by atoms with van der Waals surface area (Å²) in [7, 11) is 1.50. The Morgan fingerprint density at radius 1 is 1.12 bits per heavy atom. The maximum atomic E-state index is 13.1. The largest absolute Gasteiger partial charge is 0.493 e. The highest BCUT2D eigenvalue weighted by Gasteiger charge is 2.10. The molecule has 1 amide bonds. The monoisotopic (exact) mass is 333 g/mol. The number of benzene rings is 2. The van der Waals surface area contributed by atoms with E-state index >= 15 is 0 Å². The van der Waals surface area contributed by atoms with Crippen LogP contribution in [0, 0.1) is 11.6 Å². The second kappa shape index (κ2) is 8.10. The summed E-state index contributed by atoms with van der Waals surface area (Å²) >= 11 is 0. The third kappa shape index (κ3) is 4.55. The first-order valence-electron chi connectivity index (χ1n) is 7.22. The van der Waals surface area contributed by atoms with Crippen LogP contribution < -0.4 is 14.8 Å². The van der Waals surface area contributed by atoms with E-state index < -0.39 is 17.5 Å². The summed E-state index contributed by atoms with van der Waals surface area (Å²) in [5, 5.41) is 2.43. The van der Waals surface area contributed by atoms with Gasteiger partial charge in [0, 0.05) is 11.8 Å². The van der Waals surface area contributed by atoms with Gasteiger partial charge in [-0.1, -0.05) is 18.2 Å². The number of nitrogens with one attached hydrogen (secondary N) is 1. The second-order valence-electron chi connectivity index (χ2n) is 4.88. The van der Waals surface area contributed by atoms with Crippen LogP contribution in [-0.4, -0.2) is 19.6 Å². The van der Waals surface area contributed by atoms with Gasteiger partial charge in [0.15, 0.2) is 29.7 Å². The SMILES string of the molecule is C/C=C/c1ccc(OCC(=O)Nc2ccc(F)c(F)c2)c(OC)c1. The molecule has 0 unspecified atom stereocenters. The van der Waals surface area contributed by atoms with Crippen molar-refractivity contribution in [3.05, 3.63) is 59.7 Å². The number of anilines is 1. The lowest BCUT2D eigenvalue weighted by Crippen LogP contribution is -2.20. The average Bonchev–Trinajstić information content (AvgIpc) is 2.57. The summed E-state index contributed by atoms with van der Waals surface area (Å²) in [6.07, 6.45) is 3.80. The topological polar surface area (TPSA) is 47.6 Å². The van der Waals surface area contributed by atoms with E-state index in [1.54, 1.807) is 12.1 Å². The molecule has 0 aliphatic rings. The Hall–Kier alpha value is -2.89. The van der Waals surface area contributed by atoms with E-state index in [9.17, 15) is 13.6 Å². The molecule has 0 aromatic heterocycles. The molecule has 126 valence electrons. The molecule has 2 aromatic carbocycles. The maximum Gasteiger partial charge on any atom is 0.262 e. The summed E-state index contributed by atoms with van der Waals surface area (Å²) < 4.78 is 36.6. The Bertz CT molecular complexity index is 760. The lowest BCUT2D eigenvalue weighted by Gasteiger charge is -2.11. The minimum absolute atomic E-state index is 0.151. The smallest absolute Gasteiger partial charge is 0.262 e. The van der Waals surface area contributed by atoms with Gasteiger partial charge >= 0.3 is 0 Å². The van der Waals surface area contributed by atoms with Crippen LogP contribution in [-0.2, 0) is 4.79 Å². The molecular formula is C18H17F2NO3. The highest BCUT2D eigenvalue weighted by atomic mass is 19.2. The van der Waals surface area contributed by atoms with Gasteiger partial charge in [-0.15, -0.1) is 0 Å². The van der Waals surface area contributed by atoms with Gasteiger partial charge in [0.1, 0.15) is 0 Å². The quantitative estimate of drug-likeness (QED) is 0.868. The number of carbonyl (C=O) groups excluding carboxylic acids is 1. The van der Waals surface area contributed by atoms with Gasteiger partial charge in [-0.25, -0.2) is 8.78 Å². The van der Waals surface area contributed by atoms with E-state index in [0.717, 1.165) is 17.7 Å². The van der Waals surface area contributed by atoms with Crippen molar-refractivity contribution in [3.63, 3.8) is 0 Å². The average molecular weight is 333 g/mol. The second-order valence-corrected chi connectivity index (χ2v) is 4.88. The number of halogens is 2. The number of hydrogen-bond donors (Lipinski definition) is 1. The number of methoxy groups -OCH3 is 1. The zero-order valence-corrected chi connectivity index (χ0v) is 13.3. The first-order chi connectivity index (χ1) is 11.5. The van der Waals surface area contributed by atoms with E-state index in [1.165, 1.54) is 13.2 Å². The highest BCUT2D eigenvalue weighted by Crippen LogP contribution is 2.28. The Morgan fingerprint density at radius 2 is 1.92 bits per heavy atom. The van der Waals surface area contributed by atoms with E-state index in [0.29, 0.717) is 11.5 Å². The molecule has 24 heavy (non-hydrogen) atoms. The fraction of sp³-hybridized carbons (Fsp3) is 0.167. The lowest BCUT2D eigenvalue weighted by atomic mass is 10.2. The molecule has 6 heteroatoms. The molecule has 0 atom stereocenters. The van der Waals surface area contributed by atoms with E-state index in [2.05, 4.69) is 5.32 Å². The Labute approximate surface area is 138 Å². The van der Waals surface area contributed by atoms with Gasteiger partial charge in [-0.05, 0) is 36.8 Å². The lowest BCUT2D eigenvalue weighted by molar-refractivity contribution is -0.118. The molecule has 0 radical (unpaired) electrons. The number of amides is 1. The van der Waals surface area contributed by atoms with E-state index in [-0.39, 0.29) is 12.3 Å². The molecule has 0 aliphatic heterocycles. The van der Waals surface area contributed by atoms with Crippen LogP contribution >= 0.6 is 0 Å². The first kappa shape index (κ1) is 17.5. The van der Waals surface area contributed by atoms with Crippen molar-refractivity contribution < 1.29 is 23.0 Å². The molecule has 0 saturated heterocycles. The van der Waals surface area contributed by atoms with Crippen molar-refractivity contribution in [2.24, 2.45) is 0 Å². The zero-order chi connectivity index (χ0) is 17.5. The fourth-order valence-electron chi connectivity index (χ4n) is 2.01. The molecular weight excluding hydrogens is 316 g/mol. The maximum absolute atomic E-state index is 13.1. The van der Waals surface area contributed by atoms with Gasteiger partial charge in [0.2, 0.25) is 0 Å². The third-order valence-corrected chi connectivity index (χ3v) is 3.11. The molecule has 2 aromatic rings. The predicted octanol–water partition coefficient (Wildman–Crippen LogP) is 4.02. The molecule has 2 rings (SSSR count). The van der Waals surface area contributed by atoms with E-state index in [4.69, 9.17) is 9.47 Å². The van der Waals surface area contributed by atoms with Gasteiger partial charge in [0.25, 0.3) is 5.91 Å². The van der Waals surface area contributed by atoms with Crippen molar-refractivity contribution >= 4 is 17.7 Å². The van der Waals surface area contributed by atoms with Crippen LogP contribution in [0.25, 0.3) is 6.08 Å². The fourth-order valence-corrected chi connectivity index (χ4v) is 2.01. The molecule has 1 N–H and O–H groups in total. The highest BCUT2D eigenvalue weighted by molar-refractivity contribution is 5.91. The normalized spacial score (nSPS) is 10.7. The number of rotatable bonds is 6. The van der Waals surface area contributed by atoms with Crippen LogP contribution in [0.15, 0.2) is 42.5 Å². The van der Waals surface area contributed by atoms with Gasteiger partial charge in [-0.3, -0.25) is 4.79 Å². The van der Waals surface area contributed by atoms with Crippen molar-refractivity contribution in [2.75, 3.05) is 19.0 Å². The summed E-state index contributed by atoms with van der Waals surface area (Å²) in [5.41, 5.74) is 1.09. The summed E-state index contributed by atoms with van der Waals surface area (Å²) in [6, 6.07) is 8.41. The molecule has 0 aliphatic carbocycles. The molecule has 0 bridgehead atoms. The molecule has 0 saturated carbocycles. The zero-order valence-electron chi connectivity index (χ0n) is 13.3. The molecule has 0 fully saturated rings. The third-order valence-electron chi connectivity index (χ3n) is 3.11. The standard InChI is InChI=1S/C18H17F2NO3/c1-3-4-12-5-8-16(17(9-12)23-2)24-11-18(22)21-13-6-7-14(19)15(20)10-13/h3-10H,11H2,1-2H3,(H,21,22)/b4-3+. The van der Waals surface area contributed by atoms with Crippen LogP contribution in [0.3, 0.4) is 0 Å². The molecule has 0 heterocycles. The Morgan fingerprint density at radius 3 is 2.58 bits per heavy atom. The van der Waals surface area contributed by atoms with Gasteiger partial charge < -0.3 is 14.8 Å². The van der Waals surface area contributed by atoms with E-state index in [1.807, 2.05) is 25.1 Å². The predicted molar refractivity (Wildman–Crippen MR) is 88.2 cm³/mol. The van der Waals surface area contributed by atoms with Crippen molar-refractivity contribution in [1.82, 2.24) is 0 Å². The number of ether oxygens (including phenoxy) is 2. The minimum Gasteiger partial charge on any atom is -0.493 e.